The largest absolute Gasteiger partial charge is 0.406 e. The minimum Gasteiger partial charge on any atom is -0.406 e. The Labute approximate surface area is 126 Å². The van der Waals surface area contributed by atoms with Gasteiger partial charge < -0.3 is 9.62 Å². The van der Waals surface area contributed by atoms with Crippen molar-refractivity contribution in [2.24, 2.45) is 0 Å². The van der Waals surface area contributed by atoms with Crippen molar-refractivity contribution in [2.75, 3.05) is 11.9 Å². The van der Waals surface area contributed by atoms with E-state index in [0.717, 1.165) is 17.1 Å². The summed E-state index contributed by atoms with van der Waals surface area (Å²) in [5, 5.41) is 0. The molecule has 3 rings (SSSR count). The quantitative estimate of drug-likeness (QED) is 0.686. The summed E-state index contributed by atoms with van der Waals surface area (Å²) in [5.74, 6) is 0.888. The zero-order valence-corrected chi connectivity index (χ0v) is 12.8. The average Bonchev–Trinajstić information content (AvgIpc) is 2.87. The first-order chi connectivity index (χ1) is 8.83. The van der Waals surface area contributed by atoms with E-state index in [2.05, 4.69) is 9.97 Å². The van der Waals surface area contributed by atoms with Crippen molar-refractivity contribution in [3.8, 4) is 11.3 Å². The number of aromatic nitrogens is 2. The van der Waals surface area contributed by atoms with Crippen LogP contribution in [0.15, 0.2) is 55.1 Å². The van der Waals surface area contributed by atoms with Crippen LogP contribution in [0.2, 0.25) is 0 Å². The van der Waals surface area contributed by atoms with Crippen molar-refractivity contribution >= 4 is 13.4 Å². The van der Waals surface area contributed by atoms with Gasteiger partial charge in [-0.2, -0.15) is 0 Å². The third kappa shape index (κ3) is 3.03. The second-order valence-corrected chi connectivity index (χ2v) is 4.10. The third-order valence-electron chi connectivity index (χ3n) is 2.74. The molecule has 0 saturated carbocycles. The number of hydrogen-bond acceptors (Lipinski definition) is 4. The van der Waals surface area contributed by atoms with Gasteiger partial charge in [-0.15, -0.1) is 0 Å². The van der Waals surface area contributed by atoms with Crippen LogP contribution in [0.25, 0.3) is 11.3 Å². The van der Waals surface area contributed by atoms with E-state index in [1.165, 1.54) is 0 Å². The fourth-order valence-corrected chi connectivity index (χ4v) is 1.84. The molecule has 4 nitrogen and oxygen atoms in total. The van der Waals surface area contributed by atoms with Crippen molar-refractivity contribution in [1.82, 2.24) is 14.8 Å². The molecule has 3 heterocycles. The minimum atomic E-state index is 0. The van der Waals surface area contributed by atoms with Crippen LogP contribution in [-0.4, -0.2) is 29.4 Å². The van der Waals surface area contributed by atoms with Crippen LogP contribution < -0.4 is 4.81 Å². The van der Waals surface area contributed by atoms with E-state index in [1.807, 2.05) is 67.0 Å². The predicted octanol–water partition coefficient (Wildman–Crippen LogP) is 1.90. The SMILES string of the molecule is CN1[B]N(c2cc(-c3ccccn3)ccn2)C=C1.[Ir]. The Morgan fingerprint density at radius 1 is 1.05 bits per heavy atom. The maximum Gasteiger partial charge on any atom is 0.396 e. The summed E-state index contributed by atoms with van der Waals surface area (Å²) >= 11 is 0. The van der Waals surface area contributed by atoms with Gasteiger partial charge in [-0.1, -0.05) is 6.07 Å². The molecule has 0 bridgehead atoms. The van der Waals surface area contributed by atoms with Crippen LogP contribution in [0.4, 0.5) is 5.82 Å². The molecule has 1 aliphatic heterocycles. The normalized spacial score (nSPS) is 13.1. The first-order valence-corrected chi connectivity index (χ1v) is 5.74. The van der Waals surface area contributed by atoms with Gasteiger partial charge in [-0.05, 0) is 31.3 Å². The van der Waals surface area contributed by atoms with Crippen molar-refractivity contribution in [3.05, 3.63) is 55.1 Å². The summed E-state index contributed by atoms with van der Waals surface area (Å²) in [4.78, 5) is 12.7. The summed E-state index contributed by atoms with van der Waals surface area (Å²) in [7, 11) is 3.96. The first-order valence-electron chi connectivity index (χ1n) is 5.74. The summed E-state index contributed by atoms with van der Waals surface area (Å²) in [5.41, 5.74) is 2.02. The molecule has 0 amide bonds. The molecule has 19 heavy (non-hydrogen) atoms. The van der Waals surface area contributed by atoms with Crippen LogP contribution in [0.1, 0.15) is 0 Å². The summed E-state index contributed by atoms with van der Waals surface area (Å²) < 4.78 is 0. The molecule has 2 aromatic rings. The zero-order chi connectivity index (χ0) is 12.4. The molecular weight excluding hydrogens is 415 g/mol. The Morgan fingerprint density at radius 2 is 1.95 bits per heavy atom. The van der Waals surface area contributed by atoms with Crippen LogP contribution in [0.5, 0.6) is 0 Å². The van der Waals surface area contributed by atoms with E-state index >= 15 is 0 Å². The van der Waals surface area contributed by atoms with Gasteiger partial charge >= 0.3 is 7.55 Å². The Morgan fingerprint density at radius 3 is 2.63 bits per heavy atom. The molecule has 1 aliphatic rings. The summed E-state index contributed by atoms with van der Waals surface area (Å²) in [6.07, 6.45) is 7.56. The molecule has 0 unspecified atom stereocenters. The first kappa shape index (κ1) is 13.8. The molecule has 2 aromatic heterocycles. The Balaban J connectivity index is 0.00000133. The molecule has 0 aliphatic carbocycles. The minimum absolute atomic E-state index is 0. The molecule has 0 N–H and O–H groups in total. The van der Waals surface area contributed by atoms with Crippen LogP contribution in [0.3, 0.4) is 0 Å². The van der Waals surface area contributed by atoms with Crippen molar-refractivity contribution in [3.63, 3.8) is 0 Å². The number of pyridine rings is 2. The maximum absolute atomic E-state index is 4.37. The van der Waals surface area contributed by atoms with Crippen molar-refractivity contribution in [1.29, 1.82) is 0 Å². The van der Waals surface area contributed by atoms with E-state index in [9.17, 15) is 0 Å². The molecular formula is C13H12BIrN4. The van der Waals surface area contributed by atoms with Gasteiger partial charge in [0, 0.05) is 50.5 Å². The predicted molar refractivity (Wildman–Crippen MR) is 72.6 cm³/mol. The number of hydrogen-bond donors (Lipinski definition) is 0. The summed E-state index contributed by atoms with van der Waals surface area (Å²) in [6, 6.07) is 9.89. The standard InChI is InChI=1S/C13H12BN4.Ir/c1-17-8-9-18(14-17)13-10-11(5-7-16-13)12-4-2-3-6-15-12;/h2-10H,1H3;. The van der Waals surface area contributed by atoms with Gasteiger partial charge in [0.15, 0.2) is 0 Å². The zero-order valence-electron chi connectivity index (χ0n) is 10.4. The number of anilines is 1. The van der Waals surface area contributed by atoms with Gasteiger partial charge in [0.1, 0.15) is 5.82 Å². The molecule has 0 spiro atoms. The van der Waals surface area contributed by atoms with E-state index in [-0.39, 0.29) is 20.1 Å². The Bertz CT molecular complexity index is 576. The van der Waals surface area contributed by atoms with Crippen molar-refractivity contribution in [2.45, 2.75) is 0 Å². The van der Waals surface area contributed by atoms with E-state index in [0.29, 0.717) is 0 Å². The monoisotopic (exact) mass is 428 g/mol. The van der Waals surface area contributed by atoms with Gasteiger partial charge in [0.25, 0.3) is 0 Å². The smallest absolute Gasteiger partial charge is 0.396 e. The Kier molecular flexibility index (Phi) is 4.35. The fraction of sp³-hybridized carbons (Fsp3) is 0.0769. The van der Waals surface area contributed by atoms with Crippen LogP contribution >= 0.6 is 0 Å². The third-order valence-corrected chi connectivity index (χ3v) is 2.74. The van der Waals surface area contributed by atoms with E-state index in [4.69, 9.17) is 0 Å². The number of nitrogens with zero attached hydrogens (tertiary/aromatic N) is 4. The van der Waals surface area contributed by atoms with Crippen LogP contribution in [0, 0.1) is 0 Å². The van der Waals surface area contributed by atoms with Crippen molar-refractivity contribution < 1.29 is 20.1 Å². The maximum atomic E-state index is 4.37. The van der Waals surface area contributed by atoms with Gasteiger partial charge in [-0.25, -0.2) is 4.98 Å². The van der Waals surface area contributed by atoms with Gasteiger partial charge in [0.2, 0.25) is 0 Å². The molecule has 96 valence electrons. The average molecular weight is 427 g/mol. The van der Waals surface area contributed by atoms with E-state index in [1.54, 1.807) is 12.4 Å². The second-order valence-electron chi connectivity index (χ2n) is 4.10. The molecule has 0 fully saturated rings. The molecule has 0 atom stereocenters. The Hall–Kier alpha value is -1.65. The molecule has 6 heteroatoms. The van der Waals surface area contributed by atoms with Gasteiger partial charge in [-0.3, -0.25) is 4.98 Å². The molecule has 0 aromatic carbocycles. The topological polar surface area (TPSA) is 32.3 Å². The van der Waals surface area contributed by atoms with E-state index < -0.39 is 0 Å². The molecule has 2 radical (unpaired) electrons. The number of rotatable bonds is 2. The fourth-order valence-electron chi connectivity index (χ4n) is 1.84. The summed E-state index contributed by atoms with van der Waals surface area (Å²) in [6.45, 7) is 0. The van der Waals surface area contributed by atoms with Crippen LogP contribution in [-0.2, 0) is 20.1 Å². The second kappa shape index (κ2) is 6.00. The van der Waals surface area contributed by atoms with Gasteiger partial charge in [0.05, 0.1) is 5.69 Å². The molecule has 0 saturated heterocycles.